The largest absolute Gasteiger partial charge is 0.481 e. The summed E-state index contributed by atoms with van der Waals surface area (Å²) in [5, 5.41) is 14.1. The van der Waals surface area contributed by atoms with Crippen molar-refractivity contribution >= 4 is 17.8 Å². The molecule has 0 aliphatic rings. The van der Waals surface area contributed by atoms with Gasteiger partial charge in [-0.15, -0.1) is 0 Å². The molecule has 34 heavy (non-hydrogen) atoms. The Morgan fingerprint density at radius 1 is 0.588 bits per heavy atom. The van der Waals surface area contributed by atoms with Crippen molar-refractivity contribution in [3.8, 4) is 0 Å². The van der Waals surface area contributed by atoms with Crippen LogP contribution in [0.3, 0.4) is 0 Å². The van der Waals surface area contributed by atoms with Crippen molar-refractivity contribution in [3.05, 3.63) is 0 Å². The molecule has 0 aliphatic carbocycles. The molecule has 2 amide bonds. The van der Waals surface area contributed by atoms with Crippen LogP contribution in [0.15, 0.2) is 0 Å². The van der Waals surface area contributed by atoms with Crippen molar-refractivity contribution in [3.63, 3.8) is 0 Å². The Hall–Kier alpha value is -1.71. The molecule has 0 rings (SSSR count). The van der Waals surface area contributed by atoms with Gasteiger partial charge < -0.3 is 30.0 Å². The van der Waals surface area contributed by atoms with Crippen molar-refractivity contribution in [2.75, 3.05) is 53.2 Å². The van der Waals surface area contributed by atoms with Gasteiger partial charge in [0, 0.05) is 33.0 Å². The highest BCUT2D eigenvalue weighted by Crippen LogP contribution is 2.13. The first-order valence-corrected chi connectivity index (χ1v) is 13.0. The summed E-state index contributed by atoms with van der Waals surface area (Å²) in [6, 6.07) is 0. The smallest absolute Gasteiger partial charge is 0.303 e. The van der Waals surface area contributed by atoms with E-state index in [0.717, 1.165) is 32.1 Å². The lowest BCUT2D eigenvalue weighted by atomic mass is 10.0. The third kappa shape index (κ3) is 26.5. The summed E-state index contributed by atoms with van der Waals surface area (Å²) in [6.45, 7) is 2.57. The Bertz CT molecular complexity index is 504. The molecule has 0 aromatic carbocycles. The number of methoxy groups -OCH3 is 1. The molecule has 0 unspecified atom stereocenters. The average Bonchev–Trinajstić information content (AvgIpc) is 2.81. The fourth-order valence-corrected chi connectivity index (χ4v) is 3.41. The van der Waals surface area contributed by atoms with Crippen LogP contribution >= 0.6 is 0 Å². The predicted molar refractivity (Wildman–Crippen MR) is 132 cm³/mol. The molecule has 0 fully saturated rings. The van der Waals surface area contributed by atoms with E-state index in [1.165, 1.54) is 44.9 Å². The fraction of sp³-hybridized carbons (Fsp3) is 0.880. The van der Waals surface area contributed by atoms with Gasteiger partial charge in [-0.2, -0.15) is 0 Å². The minimum Gasteiger partial charge on any atom is -0.481 e. The van der Waals surface area contributed by atoms with E-state index in [1.54, 1.807) is 7.11 Å². The second-order valence-corrected chi connectivity index (χ2v) is 8.49. The first kappa shape index (κ1) is 32.3. The number of amides is 2. The van der Waals surface area contributed by atoms with Crippen LogP contribution in [0.2, 0.25) is 0 Å². The van der Waals surface area contributed by atoms with Crippen LogP contribution in [0.1, 0.15) is 89.9 Å². The third-order valence-corrected chi connectivity index (χ3v) is 5.35. The van der Waals surface area contributed by atoms with E-state index in [-0.39, 0.29) is 18.4 Å². The summed E-state index contributed by atoms with van der Waals surface area (Å²) in [6.07, 6.45) is 14.5. The molecule has 0 radical (unpaired) electrons. The Morgan fingerprint density at radius 3 is 1.62 bits per heavy atom. The lowest BCUT2D eigenvalue weighted by Crippen LogP contribution is -2.31. The normalized spacial score (nSPS) is 10.9. The molecule has 3 N–H and O–H groups in total. The maximum Gasteiger partial charge on any atom is 0.303 e. The fourth-order valence-electron chi connectivity index (χ4n) is 3.41. The van der Waals surface area contributed by atoms with Crippen LogP contribution in [0.25, 0.3) is 0 Å². The molecule has 0 aromatic heterocycles. The van der Waals surface area contributed by atoms with Crippen LogP contribution in [0.5, 0.6) is 0 Å². The van der Waals surface area contributed by atoms with Gasteiger partial charge in [-0.05, 0) is 12.8 Å². The highest BCUT2D eigenvalue weighted by atomic mass is 16.5. The second kappa shape index (κ2) is 25.9. The van der Waals surface area contributed by atoms with E-state index in [4.69, 9.17) is 19.3 Å². The van der Waals surface area contributed by atoms with Gasteiger partial charge in [0.1, 0.15) is 6.61 Å². The van der Waals surface area contributed by atoms with E-state index in [0.29, 0.717) is 52.4 Å². The number of carbonyl (C=O) groups excluding carboxylic acids is 2. The van der Waals surface area contributed by atoms with E-state index in [9.17, 15) is 14.4 Å². The van der Waals surface area contributed by atoms with Crippen LogP contribution in [0, 0.1) is 0 Å². The van der Waals surface area contributed by atoms with Gasteiger partial charge in [0.15, 0.2) is 0 Å². The van der Waals surface area contributed by atoms with E-state index in [1.807, 2.05) is 0 Å². The van der Waals surface area contributed by atoms with Crippen LogP contribution in [-0.2, 0) is 28.6 Å². The summed E-state index contributed by atoms with van der Waals surface area (Å²) in [7, 11) is 1.58. The number of rotatable bonds is 26. The van der Waals surface area contributed by atoms with Gasteiger partial charge >= 0.3 is 5.97 Å². The maximum absolute atomic E-state index is 11.8. The van der Waals surface area contributed by atoms with Crippen molar-refractivity contribution in [2.24, 2.45) is 0 Å². The maximum atomic E-state index is 11.8. The minimum atomic E-state index is -0.692. The monoisotopic (exact) mass is 488 g/mol. The summed E-state index contributed by atoms with van der Waals surface area (Å²) < 4.78 is 15.4. The molecular weight excluding hydrogens is 440 g/mol. The van der Waals surface area contributed by atoms with Gasteiger partial charge in [-0.3, -0.25) is 14.4 Å². The number of unbranched alkanes of at least 4 members (excludes halogenated alkanes) is 11. The molecule has 0 bridgehead atoms. The van der Waals surface area contributed by atoms with E-state index in [2.05, 4.69) is 10.6 Å². The van der Waals surface area contributed by atoms with E-state index < -0.39 is 5.97 Å². The standard InChI is InChI=1S/C25H48N2O7/c1-32-18-16-27-24(29)22-34-21-20-33-19-17-26-23(28)14-12-10-8-6-4-2-3-5-7-9-11-13-15-25(30)31/h2-22H2,1H3,(H,26,28)(H,27,29)(H,30,31). The quantitative estimate of drug-likeness (QED) is 0.159. The van der Waals surface area contributed by atoms with Gasteiger partial charge in [0.2, 0.25) is 11.8 Å². The second-order valence-electron chi connectivity index (χ2n) is 8.49. The molecule has 200 valence electrons. The first-order valence-electron chi connectivity index (χ1n) is 13.0. The van der Waals surface area contributed by atoms with Crippen LogP contribution in [-0.4, -0.2) is 76.1 Å². The average molecular weight is 489 g/mol. The zero-order valence-electron chi connectivity index (χ0n) is 21.2. The van der Waals surface area contributed by atoms with Crippen LogP contribution < -0.4 is 10.6 Å². The number of hydrogen-bond donors (Lipinski definition) is 3. The molecule has 0 aliphatic heterocycles. The number of carboxylic acid groups (broad SMARTS) is 1. The summed E-state index contributed by atoms with van der Waals surface area (Å²) in [5.41, 5.74) is 0. The highest BCUT2D eigenvalue weighted by Gasteiger charge is 2.02. The molecule has 9 heteroatoms. The van der Waals surface area contributed by atoms with Crippen molar-refractivity contribution in [2.45, 2.75) is 89.9 Å². The zero-order valence-corrected chi connectivity index (χ0v) is 21.2. The molecule has 0 aromatic rings. The van der Waals surface area contributed by atoms with Crippen molar-refractivity contribution < 1.29 is 33.7 Å². The first-order chi connectivity index (χ1) is 16.6. The lowest BCUT2D eigenvalue weighted by Gasteiger charge is -2.08. The lowest BCUT2D eigenvalue weighted by molar-refractivity contribution is -0.137. The topological polar surface area (TPSA) is 123 Å². The predicted octanol–water partition coefficient (Wildman–Crippen LogP) is 3.44. The molecule has 9 nitrogen and oxygen atoms in total. The third-order valence-electron chi connectivity index (χ3n) is 5.35. The highest BCUT2D eigenvalue weighted by molar-refractivity contribution is 5.77. The van der Waals surface area contributed by atoms with Gasteiger partial charge in [0.25, 0.3) is 0 Å². The number of aliphatic carboxylic acids is 1. The van der Waals surface area contributed by atoms with Crippen LogP contribution in [0.4, 0.5) is 0 Å². The Labute approximate surface area is 205 Å². The summed E-state index contributed by atoms with van der Waals surface area (Å²) in [5.74, 6) is -0.804. The molecule has 0 saturated carbocycles. The number of carbonyl (C=O) groups is 3. The van der Waals surface area contributed by atoms with Gasteiger partial charge in [-0.1, -0.05) is 64.2 Å². The Kier molecular flexibility index (Phi) is 24.6. The van der Waals surface area contributed by atoms with Crippen molar-refractivity contribution in [1.29, 1.82) is 0 Å². The molecule has 0 atom stereocenters. The molecular formula is C25H48N2O7. The molecule has 0 heterocycles. The summed E-state index contributed by atoms with van der Waals surface area (Å²) in [4.78, 5) is 33.6. The van der Waals surface area contributed by atoms with Gasteiger partial charge in [-0.25, -0.2) is 0 Å². The molecule has 0 saturated heterocycles. The van der Waals surface area contributed by atoms with E-state index >= 15 is 0 Å². The number of hydrogen-bond acceptors (Lipinski definition) is 6. The molecule has 0 spiro atoms. The van der Waals surface area contributed by atoms with Gasteiger partial charge in [0.05, 0.1) is 26.4 Å². The number of carboxylic acids is 1. The zero-order chi connectivity index (χ0) is 25.1. The number of nitrogens with one attached hydrogen (secondary N) is 2. The number of ether oxygens (including phenoxy) is 3. The van der Waals surface area contributed by atoms with Crippen molar-refractivity contribution in [1.82, 2.24) is 10.6 Å². The Morgan fingerprint density at radius 2 is 1.06 bits per heavy atom. The summed E-state index contributed by atoms with van der Waals surface area (Å²) >= 11 is 0. The minimum absolute atomic E-state index is 0.00138. The Balaban J connectivity index is 3.23. The SMILES string of the molecule is COCCNC(=O)COCCOCCNC(=O)CCCCCCCCCCCCCCC(=O)O.